The fraction of sp³-hybridized carbons (Fsp3) is 0.471. The maximum Gasteiger partial charge on any atom is 0.226 e. The van der Waals surface area contributed by atoms with Crippen LogP contribution in [0, 0.1) is 18.2 Å². The number of halogens is 1. The van der Waals surface area contributed by atoms with E-state index in [1.165, 1.54) is 6.07 Å². The van der Waals surface area contributed by atoms with Crippen molar-refractivity contribution in [3.63, 3.8) is 0 Å². The fourth-order valence-electron chi connectivity index (χ4n) is 2.22. The van der Waals surface area contributed by atoms with Crippen molar-refractivity contribution >= 4 is 16.8 Å². The lowest BCUT2D eigenvalue weighted by Gasteiger charge is -2.08. The van der Waals surface area contributed by atoms with Crippen LogP contribution in [0.2, 0.25) is 0 Å². The van der Waals surface area contributed by atoms with E-state index in [9.17, 15) is 9.18 Å². The summed E-state index contributed by atoms with van der Waals surface area (Å²) in [7, 11) is 0. The van der Waals surface area contributed by atoms with Crippen molar-refractivity contribution in [1.29, 1.82) is 0 Å². The van der Waals surface area contributed by atoms with E-state index in [-0.39, 0.29) is 17.1 Å². The van der Waals surface area contributed by atoms with Gasteiger partial charge in [0.25, 0.3) is 0 Å². The van der Waals surface area contributed by atoms with Gasteiger partial charge in [0, 0.05) is 22.0 Å². The van der Waals surface area contributed by atoms with Crippen molar-refractivity contribution in [3.8, 4) is 0 Å². The first-order chi connectivity index (χ1) is 9.98. The molecule has 1 heterocycles. The number of amides is 1. The van der Waals surface area contributed by atoms with Crippen LogP contribution in [0.4, 0.5) is 4.39 Å². The Bertz CT molecular complexity index is 617. The van der Waals surface area contributed by atoms with Gasteiger partial charge in [-0.25, -0.2) is 4.39 Å². The van der Waals surface area contributed by atoms with Gasteiger partial charge in [-0.3, -0.25) is 4.79 Å². The summed E-state index contributed by atoms with van der Waals surface area (Å²) in [6.07, 6.45) is 1.94. The van der Waals surface area contributed by atoms with Crippen molar-refractivity contribution in [2.24, 2.45) is 5.41 Å². The Morgan fingerprint density at radius 2 is 2.00 bits per heavy atom. The second-order valence-electron chi connectivity index (χ2n) is 5.73. The van der Waals surface area contributed by atoms with Gasteiger partial charge < -0.3 is 10.3 Å². The summed E-state index contributed by atoms with van der Waals surface area (Å²) in [5, 5.41) is 3.77. The molecule has 1 aliphatic carbocycles. The third kappa shape index (κ3) is 3.26. The molecule has 0 radical (unpaired) electrons. The second kappa shape index (κ2) is 5.88. The molecule has 0 saturated heterocycles. The zero-order valence-corrected chi connectivity index (χ0v) is 13.1. The summed E-state index contributed by atoms with van der Waals surface area (Å²) < 4.78 is 13.5. The Hall–Kier alpha value is -1.84. The number of nitrogens with one attached hydrogen (secondary N) is 2. The fourth-order valence-corrected chi connectivity index (χ4v) is 2.22. The number of fused-ring (bicyclic) bond motifs is 1. The lowest BCUT2D eigenvalue weighted by Crippen LogP contribution is -2.29. The highest BCUT2D eigenvalue weighted by Gasteiger charge is 2.44. The monoisotopic (exact) mass is 290 g/mol. The van der Waals surface area contributed by atoms with Gasteiger partial charge in [-0.05, 0) is 43.5 Å². The molecule has 3 rings (SSSR count). The van der Waals surface area contributed by atoms with Gasteiger partial charge in [0.15, 0.2) is 0 Å². The number of carbonyl (C=O) groups is 1. The summed E-state index contributed by atoms with van der Waals surface area (Å²) in [4.78, 5) is 15.0. The minimum atomic E-state index is -0.201. The summed E-state index contributed by atoms with van der Waals surface area (Å²) >= 11 is 0. The first kappa shape index (κ1) is 15.5. The quantitative estimate of drug-likeness (QED) is 0.879. The maximum absolute atomic E-state index is 13.5. The van der Waals surface area contributed by atoms with Crippen LogP contribution in [0.3, 0.4) is 0 Å². The molecule has 0 aliphatic heterocycles. The van der Waals surface area contributed by atoms with Crippen LogP contribution in [-0.2, 0) is 11.3 Å². The van der Waals surface area contributed by atoms with Gasteiger partial charge in [-0.1, -0.05) is 20.8 Å². The summed E-state index contributed by atoms with van der Waals surface area (Å²) in [5.41, 5.74) is 2.27. The Labute approximate surface area is 124 Å². The van der Waals surface area contributed by atoms with E-state index in [0.717, 1.165) is 29.4 Å². The Morgan fingerprint density at radius 1 is 1.33 bits per heavy atom. The van der Waals surface area contributed by atoms with E-state index in [0.29, 0.717) is 12.1 Å². The third-order valence-corrected chi connectivity index (χ3v) is 3.94. The molecule has 21 heavy (non-hydrogen) atoms. The van der Waals surface area contributed by atoms with Crippen LogP contribution in [0.1, 0.15) is 44.9 Å². The van der Waals surface area contributed by atoms with E-state index in [1.807, 2.05) is 26.8 Å². The van der Waals surface area contributed by atoms with Crippen LogP contribution >= 0.6 is 0 Å². The summed E-state index contributed by atoms with van der Waals surface area (Å²) in [6, 6.07) is 5.19. The highest BCUT2D eigenvalue weighted by Crippen LogP contribution is 2.45. The van der Waals surface area contributed by atoms with E-state index in [2.05, 4.69) is 10.3 Å². The van der Waals surface area contributed by atoms with Crippen LogP contribution in [0.25, 0.3) is 10.9 Å². The van der Waals surface area contributed by atoms with E-state index >= 15 is 0 Å². The average molecular weight is 290 g/mol. The SMILES string of the molecule is CC.Cc1cc2[nH]c(CNC(=O)C3(C)CC3)cc2cc1F. The Balaban J connectivity index is 0.000000774. The summed E-state index contributed by atoms with van der Waals surface area (Å²) in [5.74, 6) is -0.0962. The Morgan fingerprint density at radius 3 is 2.62 bits per heavy atom. The van der Waals surface area contributed by atoms with Crippen LogP contribution < -0.4 is 5.32 Å². The van der Waals surface area contributed by atoms with Gasteiger partial charge in [-0.15, -0.1) is 0 Å². The van der Waals surface area contributed by atoms with Crippen molar-refractivity contribution in [3.05, 3.63) is 35.3 Å². The van der Waals surface area contributed by atoms with Gasteiger partial charge >= 0.3 is 0 Å². The molecule has 1 saturated carbocycles. The molecule has 1 aromatic carbocycles. The normalized spacial score (nSPS) is 15.3. The largest absolute Gasteiger partial charge is 0.357 e. The minimum Gasteiger partial charge on any atom is -0.357 e. The van der Waals surface area contributed by atoms with E-state index < -0.39 is 0 Å². The van der Waals surface area contributed by atoms with Gasteiger partial charge in [-0.2, -0.15) is 0 Å². The van der Waals surface area contributed by atoms with Crippen molar-refractivity contribution in [2.75, 3.05) is 0 Å². The third-order valence-electron chi connectivity index (χ3n) is 3.94. The molecule has 4 heteroatoms. The van der Waals surface area contributed by atoms with Crippen LogP contribution in [0.15, 0.2) is 18.2 Å². The molecule has 0 atom stereocenters. The van der Waals surface area contributed by atoms with E-state index in [1.54, 1.807) is 13.0 Å². The molecule has 1 aliphatic rings. The van der Waals surface area contributed by atoms with Crippen LogP contribution in [-0.4, -0.2) is 10.9 Å². The molecule has 1 aromatic heterocycles. The number of benzene rings is 1. The minimum absolute atomic E-state index is 0.105. The molecule has 0 unspecified atom stereocenters. The number of aromatic amines is 1. The van der Waals surface area contributed by atoms with Crippen molar-refractivity contribution < 1.29 is 9.18 Å². The zero-order chi connectivity index (χ0) is 15.6. The zero-order valence-electron chi connectivity index (χ0n) is 13.1. The van der Waals surface area contributed by atoms with Gasteiger partial charge in [0.1, 0.15) is 5.82 Å². The average Bonchev–Trinajstić information content (AvgIpc) is 3.11. The predicted octanol–water partition coefficient (Wildman–Crippen LogP) is 4.06. The van der Waals surface area contributed by atoms with Crippen molar-refractivity contribution in [1.82, 2.24) is 10.3 Å². The molecule has 1 fully saturated rings. The number of hydrogen-bond acceptors (Lipinski definition) is 1. The second-order valence-corrected chi connectivity index (χ2v) is 5.73. The maximum atomic E-state index is 13.5. The van der Waals surface area contributed by atoms with Crippen LogP contribution in [0.5, 0.6) is 0 Å². The number of aryl methyl sites for hydroxylation is 1. The first-order valence-electron chi connectivity index (χ1n) is 7.54. The van der Waals surface area contributed by atoms with Crippen molar-refractivity contribution in [2.45, 2.75) is 47.1 Å². The van der Waals surface area contributed by atoms with Gasteiger partial charge in [0.05, 0.1) is 6.54 Å². The molecular weight excluding hydrogens is 267 g/mol. The Kier molecular flexibility index (Phi) is 4.35. The molecule has 0 bridgehead atoms. The number of H-pyrrole nitrogens is 1. The van der Waals surface area contributed by atoms with Gasteiger partial charge in [0.2, 0.25) is 5.91 Å². The number of carbonyl (C=O) groups excluding carboxylic acids is 1. The number of hydrogen-bond donors (Lipinski definition) is 2. The van der Waals surface area contributed by atoms with E-state index in [4.69, 9.17) is 0 Å². The molecular formula is C17H23FN2O. The standard InChI is InChI=1S/C15H17FN2O.C2H6/c1-9-5-13-10(7-12(9)16)6-11(18-13)8-17-14(19)15(2)3-4-15;1-2/h5-7,18H,3-4,8H2,1-2H3,(H,17,19);1-2H3. The first-order valence-corrected chi connectivity index (χ1v) is 7.54. The topological polar surface area (TPSA) is 44.9 Å². The predicted molar refractivity (Wildman–Crippen MR) is 83.5 cm³/mol. The summed E-state index contributed by atoms with van der Waals surface area (Å²) in [6.45, 7) is 8.18. The number of rotatable bonds is 3. The molecule has 1 amide bonds. The molecule has 2 N–H and O–H groups in total. The molecule has 0 spiro atoms. The highest BCUT2D eigenvalue weighted by atomic mass is 19.1. The lowest BCUT2D eigenvalue weighted by atomic mass is 10.1. The molecule has 2 aromatic rings. The molecule has 114 valence electrons. The molecule has 3 nitrogen and oxygen atoms in total. The lowest BCUT2D eigenvalue weighted by molar-refractivity contribution is -0.125. The smallest absolute Gasteiger partial charge is 0.226 e. The number of aromatic nitrogens is 1. The highest BCUT2D eigenvalue weighted by molar-refractivity contribution is 5.85.